The van der Waals surface area contributed by atoms with Gasteiger partial charge in [-0.05, 0) is 43.9 Å². The first-order valence-corrected chi connectivity index (χ1v) is 7.00. The van der Waals surface area contributed by atoms with E-state index in [9.17, 15) is 0 Å². The normalized spacial score (nSPS) is 14.8. The Bertz CT molecular complexity index is 415. The second-order valence-corrected chi connectivity index (χ2v) is 4.92. The molecule has 0 radical (unpaired) electrons. The van der Waals surface area contributed by atoms with E-state index in [1.165, 1.54) is 18.4 Å². The van der Waals surface area contributed by atoms with Gasteiger partial charge < -0.3 is 20.1 Å². The van der Waals surface area contributed by atoms with Crippen LogP contribution in [0.2, 0.25) is 0 Å². The molecular formula is C15H24N2O2. The summed E-state index contributed by atoms with van der Waals surface area (Å²) >= 11 is 0. The van der Waals surface area contributed by atoms with Gasteiger partial charge in [-0.25, -0.2) is 0 Å². The first-order chi connectivity index (χ1) is 9.30. The molecule has 4 heteroatoms. The lowest BCUT2D eigenvalue weighted by molar-refractivity contribution is 0.398. The minimum Gasteiger partial charge on any atom is -0.496 e. The Morgan fingerprint density at radius 2 is 1.79 bits per heavy atom. The van der Waals surface area contributed by atoms with Crippen LogP contribution in [0, 0.1) is 0 Å². The van der Waals surface area contributed by atoms with Crippen LogP contribution in [-0.2, 0) is 6.42 Å². The summed E-state index contributed by atoms with van der Waals surface area (Å²) in [7, 11) is 3.45. The smallest absolute Gasteiger partial charge is 0.142 e. The van der Waals surface area contributed by atoms with E-state index < -0.39 is 0 Å². The van der Waals surface area contributed by atoms with Crippen LogP contribution in [0.4, 0.5) is 5.69 Å². The van der Waals surface area contributed by atoms with Crippen molar-refractivity contribution in [1.29, 1.82) is 0 Å². The van der Waals surface area contributed by atoms with Crippen molar-refractivity contribution < 1.29 is 9.47 Å². The Hall–Kier alpha value is -1.42. The lowest BCUT2D eigenvalue weighted by Crippen LogP contribution is -2.18. The highest BCUT2D eigenvalue weighted by atomic mass is 16.5. The Kier molecular flexibility index (Phi) is 4.91. The molecule has 0 unspecified atom stereocenters. The number of hydrogen-bond donors (Lipinski definition) is 1. The monoisotopic (exact) mass is 264 g/mol. The van der Waals surface area contributed by atoms with Crippen LogP contribution in [0.25, 0.3) is 0 Å². The maximum atomic E-state index is 5.59. The molecule has 1 aromatic rings. The van der Waals surface area contributed by atoms with Crippen LogP contribution >= 0.6 is 0 Å². The molecule has 0 amide bonds. The van der Waals surface area contributed by atoms with E-state index in [0.29, 0.717) is 6.54 Å². The number of methoxy groups -OCH3 is 2. The molecule has 0 bridgehead atoms. The largest absolute Gasteiger partial charge is 0.496 e. The van der Waals surface area contributed by atoms with E-state index in [2.05, 4.69) is 17.0 Å². The van der Waals surface area contributed by atoms with Crippen molar-refractivity contribution in [2.75, 3.05) is 38.8 Å². The molecule has 1 aromatic carbocycles. The molecular weight excluding hydrogens is 240 g/mol. The fraction of sp³-hybridized carbons (Fsp3) is 0.600. The van der Waals surface area contributed by atoms with Crippen LogP contribution in [0.15, 0.2) is 12.1 Å². The fourth-order valence-electron chi connectivity index (χ4n) is 2.64. The van der Waals surface area contributed by atoms with Crippen LogP contribution in [0.3, 0.4) is 0 Å². The second kappa shape index (κ2) is 6.66. The number of nitrogens with zero attached hydrogens (tertiary/aromatic N) is 1. The number of anilines is 1. The molecule has 0 saturated carbocycles. The average Bonchev–Trinajstić information content (AvgIpc) is 2.98. The van der Waals surface area contributed by atoms with E-state index in [4.69, 9.17) is 15.2 Å². The van der Waals surface area contributed by atoms with Crippen molar-refractivity contribution in [1.82, 2.24) is 0 Å². The minimum atomic E-state index is 0.694. The Labute approximate surface area is 115 Å². The topological polar surface area (TPSA) is 47.7 Å². The summed E-state index contributed by atoms with van der Waals surface area (Å²) in [6.45, 7) is 2.89. The van der Waals surface area contributed by atoms with Crippen molar-refractivity contribution in [3.8, 4) is 11.5 Å². The zero-order valence-electron chi connectivity index (χ0n) is 11.9. The standard InChI is InChI=1S/C15H24N2O2/c1-18-14-11-13(17-8-3-4-9-17)15(19-2)10-12(14)6-5-7-16/h10-11H,3-9,16H2,1-2H3. The van der Waals surface area contributed by atoms with E-state index in [1.807, 2.05) is 0 Å². The van der Waals surface area contributed by atoms with Crippen LogP contribution < -0.4 is 20.1 Å². The molecule has 0 aromatic heterocycles. The zero-order chi connectivity index (χ0) is 13.7. The van der Waals surface area contributed by atoms with Gasteiger partial charge in [0.15, 0.2) is 0 Å². The molecule has 106 valence electrons. The predicted octanol–water partition coefficient (Wildman–Crippen LogP) is 2.20. The second-order valence-electron chi connectivity index (χ2n) is 4.92. The Morgan fingerprint density at radius 1 is 1.11 bits per heavy atom. The molecule has 0 atom stereocenters. The highest BCUT2D eigenvalue weighted by Gasteiger charge is 2.19. The molecule has 1 fully saturated rings. The molecule has 4 nitrogen and oxygen atoms in total. The number of benzene rings is 1. The highest BCUT2D eigenvalue weighted by Crippen LogP contribution is 2.37. The summed E-state index contributed by atoms with van der Waals surface area (Å²) in [5, 5.41) is 0. The van der Waals surface area contributed by atoms with Crippen molar-refractivity contribution >= 4 is 5.69 Å². The third-order valence-electron chi connectivity index (χ3n) is 3.68. The molecule has 0 spiro atoms. The van der Waals surface area contributed by atoms with Crippen molar-refractivity contribution in [3.63, 3.8) is 0 Å². The quantitative estimate of drug-likeness (QED) is 0.855. The van der Waals surface area contributed by atoms with Crippen LogP contribution in [-0.4, -0.2) is 33.9 Å². The van der Waals surface area contributed by atoms with E-state index in [1.54, 1.807) is 14.2 Å². The third-order valence-corrected chi connectivity index (χ3v) is 3.68. The summed E-state index contributed by atoms with van der Waals surface area (Å²) in [4.78, 5) is 2.37. The van der Waals surface area contributed by atoms with Gasteiger partial charge in [0.05, 0.1) is 19.9 Å². The van der Waals surface area contributed by atoms with Gasteiger partial charge in [-0.15, -0.1) is 0 Å². The number of ether oxygens (including phenoxy) is 2. The van der Waals surface area contributed by atoms with Gasteiger partial charge in [-0.2, -0.15) is 0 Å². The number of nitrogens with two attached hydrogens (primary N) is 1. The number of aryl methyl sites for hydroxylation is 1. The van der Waals surface area contributed by atoms with Gasteiger partial charge in [0.25, 0.3) is 0 Å². The number of hydrogen-bond acceptors (Lipinski definition) is 4. The molecule has 1 aliphatic rings. The SMILES string of the molecule is COc1cc(N2CCCC2)c(OC)cc1CCCN. The van der Waals surface area contributed by atoms with Gasteiger partial charge in [-0.3, -0.25) is 0 Å². The van der Waals surface area contributed by atoms with E-state index >= 15 is 0 Å². The first-order valence-electron chi connectivity index (χ1n) is 7.00. The maximum absolute atomic E-state index is 5.59. The summed E-state index contributed by atoms with van der Waals surface area (Å²) in [5.74, 6) is 1.88. The van der Waals surface area contributed by atoms with Crippen LogP contribution in [0.5, 0.6) is 11.5 Å². The average molecular weight is 264 g/mol. The summed E-state index contributed by atoms with van der Waals surface area (Å²) in [6.07, 6.45) is 4.39. The Balaban J connectivity index is 2.32. The van der Waals surface area contributed by atoms with Gasteiger partial charge in [0.1, 0.15) is 11.5 Å². The number of rotatable bonds is 6. The maximum Gasteiger partial charge on any atom is 0.142 e. The summed E-state index contributed by atoms with van der Waals surface area (Å²) in [5.41, 5.74) is 7.91. The third kappa shape index (κ3) is 3.13. The molecule has 2 rings (SSSR count). The van der Waals surface area contributed by atoms with Gasteiger partial charge in [-0.1, -0.05) is 0 Å². The fourth-order valence-corrected chi connectivity index (χ4v) is 2.64. The van der Waals surface area contributed by atoms with Crippen molar-refractivity contribution in [2.45, 2.75) is 25.7 Å². The van der Waals surface area contributed by atoms with E-state index in [0.717, 1.165) is 43.1 Å². The van der Waals surface area contributed by atoms with Crippen LogP contribution in [0.1, 0.15) is 24.8 Å². The molecule has 1 heterocycles. The lowest BCUT2D eigenvalue weighted by Gasteiger charge is -2.22. The molecule has 1 saturated heterocycles. The van der Waals surface area contributed by atoms with E-state index in [-0.39, 0.29) is 0 Å². The van der Waals surface area contributed by atoms with Gasteiger partial charge in [0.2, 0.25) is 0 Å². The van der Waals surface area contributed by atoms with Gasteiger partial charge in [0, 0.05) is 19.2 Å². The predicted molar refractivity (Wildman–Crippen MR) is 78.4 cm³/mol. The van der Waals surface area contributed by atoms with Crippen molar-refractivity contribution in [2.24, 2.45) is 5.73 Å². The summed E-state index contributed by atoms with van der Waals surface area (Å²) in [6, 6.07) is 4.21. The summed E-state index contributed by atoms with van der Waals surface area (Å²) < 4.78 is 11.1. The molecule has 2 N–H and O–H groups in total. The lowest BCUT2D eigenvalue weighted by atomic mass is 10.1. The van der Waals surface area contributed by atoms with Gasteiger partial charge >= 0.3 is 0 Å². The molecule has 0 aliphatic carbocycles. The molecule has 1 aliphatic heterocycles. The highest BCUT2D eigenvalue weighted by molar-refractivity contribution is 5.64. The molecule has 19 heavy (non-hydrogen) atoms. The minimum absolute atomic E-state index is 0.694. The zero-order valence-corrected chi connectivity index (χ0v) is 11.9. The first kappa shape index (κ1) is 14.0. The Morgan fingerprint density at radius 3 is 2.37 bits per heavy atom. The van der Waals surface area contributed by atoms with Crippen molar-refractivity contribution in [3.05, 3.63) is 17.7 Å².